The molecule has 4 aromatic rings. The van der Waals surface area contributed by atoms with E-state index in [0.717, 1.165) is 37.1 Å². The number of rotatable bonds is 7. The Morgan fingerprint density at radius 1 is 0.600 bits per heavy atom. The van der Waals surface area contributed by atoms with E-state index in [1.807, 2.05) is 5.48 Å². The van der Waals surface area contributed by atoms with Crippen LogP contribution in [0.15, 0.2) is 48.5 Å². The van der Waals surface area contributed by atoms with Crippen LogP contribution in [0.25, 0.3) is 0 Å². The quantitative estimate of drug-likeness (QED) is 0.0816. The van der Waals surface area contributed by atoms with Gasteiger partial charge in [0.25, 0.3) is 0 Å². The van der Waals surface area contributed by atoms with Crippen LogP contribution in [0.3, 0.4) is 0 Å². The van der Waals surface area contributed by atoms with Crippen molar-refractivity contribution in [2.45, 2.75) is 37.5 Å². The third-order valence-electron chi connectivity index (χ3n) is 6.37. The smallest absolute Gasteiger partial charge is 0.308 e. The summed E-state index contributed by atoms with van der Waals surface area (Å²) in [7, 11) is 0. The average molecular weight is 712 g/mol. The van der Waals surface area contributed by atoms with Gasteiger partial charge in [-0.15, -0.1) is 0 Å². The summed E-state index contributed by atoms with van der Waals surface area (Å²) in [6.07, 6.45) is 4.25. The minimum Gasteiger partial charge on any atom is -0.308 e. The summed E-state index contributed by atoms with van der Waals surface area (Å²) in [5, 5.41) is 21.1. The standard InChI is InChI=1S/C14H11Cl3N4O.C14H13Cl2N5O2/c15-9-4-3-8(5-10(9)16)18-14(22)21-13-19-11(7-1-2-7)6-12(17)20-13;15-9-4-3-8(5-10(9)16)17-14(22)20-13-18-11(7-1-2-7)6-12(19-13)21-23/h3-7H,1-2H2,(H2,18,19,20,21,22);3-7,23H,1-2H2,(H3,17,18,19,20,21,22). The number of carbonyl (C=O) groups is 2. The molecule has 45 heavy (non-hydrogen) atoms. The first-order valence-electron chi connectivity index (χ1n) is 13.5. The molecule has 2 aromatic carbocycles. The first-order chi connectivity index (χ1) is 21.6. The zero-order valence-corrected chi connectivity index (χ0v) is 26.8. The molecule has 2 aliphatic carbocycles. The van der Waals surface area contributed by atoms with Crippen LogP contribution in [0.1, 0.15) is 48.9 Å². The molecule has 0 radical (unpaired) electrons. The lowest BCUT2D eigenvalue weighted by molar-refractivity contribution is 0.261. The number of aromatic nitrogens is 4. The van der Waals surface area contributed by atoms with Crippen LogP contribution in [0.2, 0.25) is 25.2 Å². The molecule has 2 fully saturated rings. The number of carbonyl (C=O) groups excluding carboxylic acids is 2. The Balaban J connectivity index is 0.000000178. The molecule has 234 valence electrons. The van der Waals surface area contributed by atoms with Gasteiger partial charge in [-0.3, -0.25) is 21.3 Å². The minimum atomic E-state index is -0.528. The van der Waals surface area contributed by atoms with Gasteiger partial charge >= 0.3 is 12.1 Å². The van der Waals surface area contributed by atoms with E-state index in [2.05, 4.69) is 41.2 Å². The molecule has 0 bridgehead atoms. The number of benzene rings is 2. The Hall–Kier alpha value is -3.65. The lowest BCUT2D eigenvalue weighted by Crippen LogP contribution is -2.21. The topological polar surface area (TPSA) is 166 Å². The monoisotopic (exact) mass is 709 g/mol. The fourth-order valence-electron chi connectivity index (χ4n) is 3.92. The van der Waals surface area contributed by atoms with Gasteiger partial charge in [-0.2, -0.15) is 4.98 Å². The van der Waals surface area contributed by atoms with Gasteiger partial charge in [0.15, 0.2) is 5.82 Å². The second-order valence-corrected chi connectivity index (χ2v) is 12.0. The fraction of sp³-hybridized carbons (Fsp3) is 0.214. The number of nitrogens with one attached hydrogen (secondary N) is 5. The van der Waals surface area contributed by atoms with Crippen molar-refractivity contribution >= 4 is 99.2 Å². The molecule has 0 spiro atoms. The Morgan fingerprint density at radius 3 is 1.51 bits per heavy atom. The maximum Gasteiger partial charge on any atom is 0.326 e. The van der Waals surface area contributed by atoms with Gasteiger partial charge in [-0.05, 0) is 68.1 Å². The average Bonchev–Trinajstić information content (AvgIpc) is 3.90. The van der Waals surface area contributed by atoms with Crippen molar-refractivity contribution in [1.82, 2.24) is 19.9 Å². The molecule has 0 unspecified atom stereocenters. The lowest BCUT2D eigenvalue weighted by Gasteiger charge is -2.09. The zero-order valence-electron chi connectivity index (χ0n) is 23.0. The van der Waals surface area contributed by atoms with Crippen molar-refractivity contribution in [3.63, 3.8) is 0 Å². The van der Waals surface area contributed by atoms with Gasteiger partial charge in [0.2, 0.25) is 11.9 Å². The molecule has 2 heterocycles. The van der Waals surface area contributed by atoms with Crippen molar-refractivity contribution in [3.05, 3.63) is 85.2 Å². The van der Waals surface area contributed by atoms with Gasteiger partial charge in [0, 0.05) is 29.3 Å². The van der Waals surface area contributed by atoms with Crippen molar-refractivity contribution < 1.29 is 14.8 Å². The molecule has 4 amide bonds. The largest absolute Gasteiger partial charge is 0.326 e. The Bertz CT molecular complexity index is 1740. The van der Waals surface area contributed by atoms with Crippen molar-refractivity contribution in [3.8, 4) is 0 Å². The third-order valence-corrected chi connectivity index (χ3v) is 8.04. The minimum absolute atomic E-state index is 0.100. The van der Waals surface area contributed by atoms with Crippen LogP contribution in [0.5, 0.6) is 0 Å². The summed E-state index contributed by atoms with van der Waals surface area (Å²) < 4.78 is 0. The molecular formula is C28H24Cl5N9O3. The number of amides is 4. The van der Waals surface area contributed by atoms with E-state index in [0.29, 0.717) is 48.5 Å². The van der Waals surface area contributed by atoms with Crippen LogP contribution >= 0.6 is 58.0 Å². The van der Waals surface area contributed by atoms with Crippen LogP contribution in [-0.4, -0.2) is 37.2 Å². The van der Waals surface area contributed by atoms with Gasteiger partial charge in [0.1, 0.15) is 5.15 Å². The van der Waals surface area contributed by atoms with Crippen molar-refractivity contribution in [2.24, 2.45) is 0 Å². The molecule has 0 atom stereocenters. The fourth-order valence-corrected chi connectivity index (χ4v) is 4.71. The highest BCUT2D eigenvalue weighted by Crippen LogP contribution is 2.40. The predicted octanol–water partition coefficient (Wildman–Crippen LogP) is 9.06. The van der Waals surface area contributed by atoms with Crippen molar-refractivity contribution in [2.75, 3.05) is 26.7 Å². The second-order valence-electron chi connectivity index (χ2n) is 10.0. The normalized spacial score (nSPS) is 13.6. The number of nitrogens with zero attached hydrogens (tertiary/aromatic N) is 4. The van der Waals surface area contributed by atoms with E-state index < -0.39 is 12.1 Å². The zero-order chi connectivity index (χ0) is 32.1. The first-order valence-corrected chi connectivity index (χ1v) is 15.3. The highest BCUT2D eigenvalue weighted by Gasteiger charge is 2.27. The highest BCUT2D eigenvalue weighted by molar-refractivity contribution is 6.42. The molecule has 6 rings (SSSR count). The van der Waals surface area contributed by atoms with Crippen LogP contribution in [0, 0.1) is 0 Å². The molecule has 2 aliphatic rings. The number of urea groups is 2. The summed E-state index contributed by atoms with van der Waals surface area (Å²) in [5.41, 5.74) is 4.60. The summed E-state index contributed by atoms with van der Waals surface area (Å²) >= 11 is 29.4. The number of halogens is 5. The summed E-state index contributed by atoms with van der Waals surface area (Å²) in [4.78, 5) is 40.5. The molecule has 6 N–H and O–H groups in total. The Labute approximate surface area is 282 Å². The van der Waals surface area contributed by atoms with Gasteiger partial charge in [-0.25, -0.2) is 24.5 Å². The third kappa shape index (κ3) is 9.67. The van der Waals surface area contributed by atoms with Crippen molar-refractivity contribution in [1.29, 1.82) is 0 Å². The first kappa shape index (κ1) is 32.7. The lowest BCUT2D eigenvalue weighted by atomic mass is 10.3. The SMILES string of the molecule is O=C(Nc1ccc(Cl)c(Cl)c1)Nc1nc(Cl)cc(C2CC2)n1.O=C(Nc1ccc(Cl)c(Cl)c1)Nc1nc(NO)cc(C2CC2)n1. The molecule has 17 heteroatoms. The molecular weight excluding hydrogens is 688 g/mol. The van der Waals surface area contributed by atoms with Gasteiger partial charge in [0.05, 0.1) is 31.5 Å². The Morgan fingerprint density at radius 2 is 1.07 bits per heavy atom. The van der Waals surface area contributed by atoms with Crippen LogP contribution in [0.4, 0.5) is 38.7 Å². The second kappa shape index (κ2) is 14.6. The molecule has 12 nitrogen and oxygen atoms in total. The predicted molar refractivity (Wildman–Crippen MR) is 177 cm³/mol. The van der Waals surface area contributed by atoms with E-state index in [1.165, 1.54) is 6.07 Å². The summed E-state index contributed by atoms with van der Waals surface area (Å²) in [5.74, 6) is 1.27. The number of anilines is 5. The van der Waals surface area contributed by atoms with Gasteiger partial charge < -0.3 is 10.6 Å². The van der Waals surface area contributed by atoms with Crippen LogP contribution < -0.4 is 26.7 Å². The van der Waals surface area contributed by atoms with Gasteiger partial charge in [-0.1, -0.05) is 58.0 Å². The van der Waals surface area contributed by atoms with E-state index in [1.54, 1.807) is 42.5 Å². The number of hydrogen-bond donors (Lipinski definition) is 6. The summed E-state index contributed by atoms with van der Waals surface area (Å²) in [6, 6.07) is 11.9. The Kier molecular flexibility index (Phi) is 10.6. The highest BCUT2D eigenvalue weighted by atomic mass is 35.5. The summed E-state index contributed by atoms with van der Waals surface area (Å²) in [6.45, 7) is 0. The molecule has 2 aromatic heterocycles. The van der Waals surface area contributed by atoms with Crippen LogP contribution in [-0.2, 0) is 0 Å². The number of hydrogen-bond acceptors (Lipinski definition) is 8. The van der Waals surface area contributed by atoms with E-state index in [9.17, 15) is 9.59 Å². The molecule has 0 saturated heterocycles. The van der Waals surface area contributed by atoms with E-state index >= 15 is 0 Å². The maximum absolute atomic E-state index is 12.0. The molecule has 2 saturated carbocycles. The van der Waals surface area contributed by atoms with E-state index in [-0.39, 0.29) is 17.7 Å². The van der Waals surface area contributed by atoms with E-state index in [4.69, 9.17) is 63.2 Å². The molecule has 0 aliphatic heterocycles. The maximum atomic E-state index is 12.0.